The first-order chi connectivity index (χ1) is 18.5. The molecule has 3 aliphatic heterocycles. The number of carbonyl (C=O) groups excluding carboxylic acids is 2. The number of rotatable bonds is 2. The van der Waals surface area contributed by atoms with Crippen LogP contribution in [0.15, 0.2) is 29.1 Å². The zero-order valence-electron chi connectivity index (χ0n) is 22.2. The Labute approximate surface area is 238 Å². The van der Waals surface area contributed by atoms with Gasteiger partial charge in [0.2, 0.25) is 0 Å². The van der Waals surface area contributed by atoms with E-state index in [4.69, 9.17) is 14.5 Å². The number of benzene rings is 1. The summed E-state index contributed by atoms with van der Waals surface area (Å²) in [5.41, 5.74) is 1.10. The Morgan fingerprint density at radius 1 is 1.23 bits per heavy atom. The lowest BCUT2D eigenvalue weighted by Crippen LogP contribution is -2.57. The Bertz CT molecular complexity index is 1620. The number of ether oxygens (including phenoxy) is 2. The highest BCUT2D eigenvalue weighted by molar-refractivity contribution is 14.1. The van der Waals surface area contributed by atoms with Crippen LogP contribution in [0.1, 0.15) is 43.9 Å². The lowest BCUT2D eigenvalue weighted by atomic mass is 9.86. The van der Waals surface area contributed by atoms with Crippen molar-refractivity contribution in [1.82, 2.24) is 19.4 Å². The number of fused-ring (bicyclic) bond motifs is 5. The van der Waals surface area contributed by atoms with Crippen molar-refractivity contribution in [3.05, 3.63) is 54.9 Å². The van der Waals surface area contributed by atoms with E-state index in [1.807, 2.05) is 13.0 Å². The van der Waals surface area contributed by atoms with Gasteiger partial charge in [0.15, 0.2) is 5.60 Å². The molecule has 39 heavy (non-hydrogen) atoms. The first-order valence-corrected chi connectivity index (χ1v) is 14.1. The average Bonchev–Trinajstić information content (AvgIpc) is 3.27. The van der Waals surface area contributed by atoms with Crippen LogP contribution in [0, 0.1) is 3.57 Å². The van der Waals surface area contributed by atoms with Gasteiger partial charge >= 0.3 is 12.1 Å². The summed E-state index contributed by atoms with van der Waals surface area (Å²) >= 11 is 2.17. The Morgan fingerprint density at radius 3 is 2.74 bits per heavy atom. The van der Waals surface area contributed by atoms with E-state index in [0.29, 0.717) is 35.7 Å². The summed E-state index contributed by atoms with van der Waals surface area (Å²) in [5, 5.41) is 11.9. The van der Waals surface area contributed by atoms with Gasteiger partial charge in [0, 0.05) is 41.7 Å². The number of esters is 1. The third-order valence-electron chi connectivity index (χ3n) is 8.32. The van der Waals surface area contributed by atoms with Gasteiger partial charge in [-0.25, -0.2) is 14.6 Å². The SMILES string of the molecule is CC[C@@]1(O)C(=O)OCc2c1cc1n(c2=O)Cc2cc3c(I)c(OC(=O)N4C[C@H](C)N(C)C[C@H]4C)ccc3nc2-1. The number of hydrogen-bond acceptors (Lipinski definition) is 8. The van der Waals surface area contributed by atoms with E-state index < -0.39 is 11.6 Å². The van der Waals surface area contributed by atoms with Crippen molar-refractivity contribution in [3.8, 4) is 17.1 Å². The number of hydrogen-bond donors (Lipinski definition) is 1. The van der Waals surface area contributed by atoms with Crippen molar-refractivity contribution in [1.29, 1.82) is 0 Å². The van der Waals surface area contributed by atoms with Crippen molar-refractivity contribution >= 4 is 45.6 Å². The minimum Gasteiger partial charge on any atom is -0.458 e. The molecular formula is C28H29IN4O6. The number of aromatic nitrogens is 2. The monoisotopic (exact) mass is 644 g/mol. The molecule has 0 spiro atoms. The van der Waals surface area contributed by atoms with E-state index in [1.165, 1.54) is 0 Å². The minimum absolute atomic E-state index is 0.0375. The van der Waals surface area contributed by atoms with Crippen molar-refractivity contribution in [2.75, 3.05) is 20.1 Å². The maximum Gasteiger partial charge on any atom is 0.415 e. The van der Waals surface area contributed by atoms with E-state index in [-0.39, 0.29) is 47.9 Å². The molecule has 0 radical (unpaired) electrons. The molecule has 0 bridgehead atoms. The number of amides is 1. The Hall–Kier alpha value is -3.03. The third-order valence-corrected chi connectivity index (χ3v) is 9.43. The van der Waals surface area contributed by atoms with Gasteiger partial charge in [-0.05, 0) is 74.2 Å². The molecule has 3 atom stereocenters. The van der Waals surface area contributed by atoms with Crippen molar-refractivity contribution < 1.29 is 24.2 Å². The summed E-state index contributed by atoms with van der Waals surface area (Å²) in [5.74, 6) is -0.288. The lowest BCUT2D eigenvalue weighted by Gasteiger charge is -2.41. The fraction of sp³-hybridized carbons (Fsp3) is 0.429. The highest BCUT2D eigenvalue weighted by Crippen LogP contribution is 2.40. The fourth-order valence-electron chi connectivity index (χ4n) is 5.78. The Balaban J connectivity index is 1.37. The highest BCUT2D eigenvalue weighted by Gasteiger charge is 2.45. The van der Waals surface area contributed by atoms with Gasteiger partial charge in [-0.15, -0.1) is 0 Å². The molecule has 11 heteroatoms. The second-order valence-corrected chi connectivity index (χ2v) is 11.8. The average molecular weight is 644 g/mol. The van der Waals surface area contributed by atoms with Crippen LogP contribution in [-0.2, 0) is 28.3 Å². The summed E-state index contributed by atoms with van der Waals surface area (Å²) in [4.78, 5) is 47.8. The molecular weight excluding hydrogens is 615 g/mol. The van der Waals surface area contributed by atoms with E-state index in [1.54, 1.807) is 34.6 Å². The van der Waals surface area contributed by atoms with Gasteiger partial charge in [-0.1, -0.05) is 6.92 Å². The van der Waals surface area contributed by atoms with Crippen LogP contribution in [-0.4, -0.2) is 68.7 Å². The van der Waals surface area contributed by atoms with E-state index in [0.717, 1.165) is 21.1 Å². The van der Waals surface area contributed by atoms with Crippen LogP contribution in [0.4, 0.5) is 4.79 Å². The summed E-state index contributed by atoms with van der Waals surface area (Å²) in [6, 6.07) is 7.49. The molecule has 1 amide bonds. The number of piperazine rings is 1. The number of carbonyl (C=O) groups is 2. The van der Waals surface area contributed by atoms with E-state index in [9.17, 15) is 19.5 Å². The van der Waals surface area contributed by atoms with Crippen LogP contribution < -0.4 is 10.3 Å². The molecule has 0 saturated carbocycles. The van der Waals surface area contributed by atoms with Crippen LogP contribution in [0.5, 0.6) is 5.75 Å². The summed E-state index contributed by atoms with van der Waals surface area (Å²) in [7, 11) is 2.06. The highest BCUT2D eigenvalue weighted by atomic mass is 127. The first-order valence-electron chi connectivity index (χ1n) is 13.0. The molecule has 2 aromatic heterocycles. The van der Waals surface area contributed by atoms with Crippen LogP contribution in [0.25, 0.3) is 22.3 Å². The van der Waals surface area contributed by atoms with E-state index in [2.05, 4.69) is 41.5 Å². The topological polar surface area (TPSA) is 114 Å². The molecule has 1 fully saturated rings. The van der Waals surface area contributed by atoms with Gasteiger partial charge in [-0.3, -0.25) is 9.69 Å². The van der Waals surface area contributed by atoms with Crippen LogP contribution >= 0.6 is 22.6 Å². The van der Waals surface area contributed by atoms with Crippen molar-refractivity contribution in [3.63, 3.8) is 0 Å². The molecule has 1 saturated heterocycles. The molecule has 5 heterocycles. The molecule has 0 aliphatic carbocycles. The smallest absolute Gasteiger partial charge is 0.415 e. The van der Waals surface area contributed by atoms with Gasteiger partial charge in [0.1, 0.15) is 12.4 Å². The molecule has 6 rings (SSSR count). The molecule has 1 aromatic carbocycles. The molecule has 1 N–H and O–H groups in total. The van der Waals surface area contributed by atoms with Gasteiger partial charge in [-0.2, -0.15) is 0 Å². The summed E-state index contributed by atoms with van der Waals surface area (Å²) in [6.07, 6.45) is -0.288. The van der Waals surface area contributed by atoms with Crippen LogP contribution in [0.2, 0.25) is 0 Å². The number of cyclic esters (lactones) is 1. The second-order valence-electron chi connectivity index (χ2n) is 10.7. The lowest BCUT2D eigenvalue weighted by molar-refractivity contribution is -0.172. The third kappa shape index (κ3) is 3.96. The zero-order chi connectivity index (χ0) is 27.8. The fourth-order valence-corrected chi connectivity index (χ4v) is 6.50. The van der Waals surface area contributed by atoms with Gasteiger partial charge in [0.25, 0.3) is 5.56 Å². The maximum atomic E-state index is 13.4. The predicted molar refractivity (Wildman–Crippen MR) is 152 cm³/mol. The number of likely N-dealkylation sites (N-methyl/N-ethyl adjacent to an activating group) is 1. The number of nitrogens with zero attached hydrogens (tertiary/aromatic N) is 4. The van der Waals surface area contributed by atoms with Crippen molar-refractivity contribution in [2.24, 2.45) is 0 Å². The number of aliphatic hydroxyl groups is 1. The largest absolute Gasteiger partial charge is 0.458 e. The standard InChI is InChI=1S/C28H29IN4O6/c1-5-28(37)19-9-21-24-16(12-33(21)25(34)18(19)13-38-26(28)35)8-17-20(30-24)6-7-22(23(17)29)39-27(36)32-11-14(2)31(4)10-15(32)3/h6-9,14-15,37H,5,10-13H2,1-4H3/t14-,15+,28-/m0/s1. The molecule has 3 aliphatic rings. The molecule has 3 aromatic rings. The van der Waals surface area contributed by atoms with Crippen LogP contribution in [0.3, 0.4) is 0 Å². The first kappa shape index (κ1) is 26.2. The van der Waals surface area contributed by atoms with E-state index >= 15 is 0 Å². The Kier molecular flexibility index (Phi) is 6.23. The Morgan fingerprint density at radius 2 is 2.00 bits per heavy atom. The second kappa shape index (κ2) is 9.27. The van der Waals surface area contributed by atoms with Gasteiger partial charge in [0.05, 0.1) is 32.6 Å². The molecule has 0 unspecified atom stereocenters. The van der Waals surface area contributed by atoms with Crippen molar-refractivity contribution in [2.45, 2.75) is 58.0 Å². The number of halogens is 1. The summed E-state index contributed by atoms with van der Waals surface area (Å²) < 4.78 is 13.4. The quantitative estimate of drug-likeness (QED) is 0.262. The minimum atomic E-state index is -1.87. The predicted octanol–water partition coefficient (Wildman–Crippen LogP) is 3.21. The normalized spacial score (nSPS) is 24.3. The zero-order valence-corrected chi connectivity index (χ0v) is 24.3. The van der Waals surface area contributed by atoms with Gasteiger partial charge < -0.3 is 24.0 Å². The number of pyridine rings is 2. The molecule has 204 valence electrons. The maximum absolute atomic E-state index is 13.4. The summed E-state index contributed by atoms with van der Waals surface area (Å²) in [6.45, 7) is 7.29. The molecule has 10 nitrogen and oxygen atoms in total.